The minimum absolute atomic E-state index is 0.118. The molecule has 19 heavy (non-hydrogen) atoms. The number of hydrogen-bond donors (Lipinski definition) is 0. The zero-order valence-corrected chi connectivity index (χ0v) is 12.9. The zero-order valence-electron chi connectivity index (χ0n) is 10.6. The molecule has 0 atom stereocenters. The quantitative estimate of drug-likeness (QED) is 0.752. The van der Waals surface area contributed by atoms with Crippen LogP contribution >= 0.6 is 23.2 Å². The Morgan fingerprint density at radius 3 is 2.58 bits per heavy atom. The molecule has 0 radical (unpaired) electrons. The van der Waals surface area contributed by atoms with Crippen LogP contribution in [0.25, 0.3) is 0 Å². The second-order valence-electron chi connectivity index (χ2n) is 4.70. The molecule has 0 aromatic heterocycles. The van der Waals surface area contributed by atoms with E-state index in [9.17, 15) is 8.42 Å². The molecule has 0 N–H and O–H groups in total. The fourth-order valence-corrected chi connectivity index (χ4v) is 4.30. The van der Waals surface area contributed by atoms with Crippen molar-refractivity contribution in [1.82, 2.24) is 4.31 Å². The Hall–Kier alpha value is -0.290. The Morgan fingerprint density at radius 1 is 1.32 bits per heavy atom. The molecule has 0 bridgehead atoms. The van der Waals surface area contributed by atoms with Crippen molar-refractivity contribution >= 4 is 33.2 Å². The van der Waals surface area contributed by atoms with Gasteiger partial charge in [0.1, 0.15) is 0 Å². The lowest BCUT2D eigenvalue weighted by Gasteiger charge is -2.36. The van der Waals surface area contributed by atoms with E-state index >= 15 is 0 Å². The number of sulfonamides is 1. The van der Waals surface area contributed by atoms with Crippen LogP contribution in [-0.4, -0.2) is 31.2 Å². The average molecular weight is 322 g/mol. The lowest BCUT2D eigenvalue weighted by molar-refractivity contribution is 0.220. The van der Waals surface area contributed by atoms with Crippen molar-refractivity contribution in [2.75, 3.05) is 12.4 Å². The Morgan fingerprint density at radius 2 is 2.05 bits per heavy atom. The van der Waals surface area contributed by atoms with Crippen LogP contribution in [0.2, 0.25) is 5.02 Å². The van der Waals surface area contributed by atoms with Crippen LogP contribution in [-0.2, 0) is 10.0 Å². The first-order valence-corrected chi connectivity index (χ1v) is 8.74. The van der Waals surface area contributed by atoms with Gasteiger partial charge in [-0.2, -0.15) is 4.31 Å². The van der Waals surface area contributed by atoms with Gasteiger partial charge in [-0.15, -0.1) is 11.6 Å². The molecule has 0 aliphatic heterocycles. The van der Waals surface area contributed by atoms with Crippen molar-refractivity contribution < 1.29 is 8.42 Å². The fourth-order valence-electron chi connectivity index (χ4n) is 2.15. The standard InChI is InChI=1S/C13H17Cl2NO2S/c14-8-3-9-16(12-5-2-6-12)19(17,18)13-7-1-4-11(15)10-13/h1,4,7,10,12H,2-3,5-6,8-9H2. The fraction of sp³-hybridized carbons (Fsp3) is 0.538. The van der Waals surface area contributed by atoms with Crippen molar-refractivity contribution in [1.29, 1.82) is 0 Å². The second kappa shape index (κ2) is 6.44. The molecule has 1 aliphatic rings. The first-order chi connectivity index (χ1) is 9.05. The zero-order chi connectivity index (χ0) is 13.9. The van der Waals surface area contributed by atoms with E-state index < -0.39 is 10.0 Å². The van der Waals surface area contributed by atoms with E-state index in [1.807, 2.05) is 0 Å². The normalized spacial score (nSPS) is 16.6. The highest BCUT2D eigenvalue weighted by Crippen LogP contribution is 2.30. The molecule has 0 spiro atoms. The summed E-state index contributed by atoms with van der Waals surface area (Å²) in [5.74, 6) is 0.467. The summed E-state index contributed by atoms with van der Waals surface area (Å²) in [6.07, 6.45) is 3.62. The molecular formula is C13H17Cl2NO2S. The van der Waals surface area contributed by atoms with Gasteiger partial charge in [-0.1, -0.05) is 24.1 Å². The summed E-state index contributed by atoms with van der Waals surface area (Å²) in [6, 6.07) is 6.55. The van der Waals surface area contributed by atoms with Crippen molar-refractivity contribution in [2.45, 2.75) is 36.6 Å². The van der Waals surface area contributed by atoms with Gasteiger partial charge >= 0.3 is 0 Å². The van der Waals surface area contributed by atoms with Crippen LogP contribution in [0.4, 0.5) is 0 Å². The molecule has 0 unspecified atom stereocenters. The smallest absolute Gasteiger partial charge is 0.207 e. The molecule has 1 aromatic rings. The van der Waals surface area contributed by atoms with E-state index in [2.05, 4.69) is 0 Å². The van der Waals surface area contributed by atoms with Crippen LogP contribution < -0.4 is 0 Å². The van der Waals surface area contributed by atoms with E-state index in [0.717, 1.165) is 19.3 Å². The largest absolute Gasteiger partial charge is 0.243 e. The lowest BCUT2D eigenvalue weighted by atomic mass is 9.93. The van der Waals surface area contributed by atoms with Crippen LogP contribution in [0.3, 0.4) is 0 Å². The molecule has 1 aromatic carbocycles. The second-order valence-corrected chi connectivity index (χ2v) is 7.41. The number of halogens is 2. The SMILES string of the molecule is O=S(=O)(c1cccc(Cl)c1)N(CCCCl)C1CCC1. The molecule has 106 valence electrons. The molecule has 0 heterocycles. The third-order valence-electron chi connectivity index (χ3n) is 3.40. The molecule has 6 heteroatoms. The van der Waals surface area contributed by atoms with Gasteiger partial charge in [0.05, 0.1) is 4.90 Å². The van der Waals surface area contributed by atoms with Gasteiger partial charge in [-0.05, 0) is 37.5 Å². The molecule has 3 nitrogen and oxygen atoms in total. The van der Waals surface area contributed by atoms with Gasteiger partial charge in [0, 0.05) is 23.5 Å². The van der Waals surface area contributed by atoms with E-state index in [1.165, 1.54) is 6.07 Å². The van der Waals surface area contributed by atoms with Crippen molar-refractivity contribution in [3.05, 3.63) is 29.3 Å². The van der Waals surface area contributed by atoms with Gasteiger partial charge in [0.25, 0.3) is 0 Å². The van der Waals surface area contributed by atoms with Crippen molar-refractivity contribution in [3.8, 4) is 0 Å². The minimum Gasteiger partial charge on any atom is -0.207 e. The predicted octanol–water partition coefficient (Wildman–Crippen LogP) is 3.51. The number of hydrogen-bond acceptors (Lipinski definition) is 2. The van der Waals surface area contributed by atoms with Gasteiger partial charge < -0.3 is 0 Å². The monoisotopic (exact) mass is 321 g/mol. The topological polar surface area (TPSA) is 37.4 Å². The van der Waals surface area contributed by atoms with Crippen molar-refractivity contribution in [3.63, 3.8) is 0 Å². The van der Waals surface area contributed by atoms with E-state index in [-0.39, 0.29) is 10.9 Å². The Balaban J connectivity index is 2.27. The number of benzene rings is 1. The number of rotatable bonds is 6. The highest BCUT2D eigenvalue weighted by molar-refractivity contribution is 7.89. The molecular weight excluding hydrogens is 305 g/mol. The molecule has 0 amide bonds. The van der Waals surface area contributed by atoms with Gasteiger partial charge in [-0.25, -0.2) is 8.42 Å². The maximum Gasteiger partial charge on any atom is 0.243 e. The molecule has 1 saturated carbocycles. The average Bonchev–Trinajstić information content (AvgIpc) is 2.31. The lowest BCUT2D eigenvalue weighted by Crippen LogP contribution is -2.44. The number of nitrogens with zero attached hydrogens (tertiary/aromatic N) is 1. The maximum absolute atomic E-state index is 12.6. The van der Waals surface area contributed by atoms with Crippen LogP contribution in [0.1, 0.15) is 25.7 Å². The van der Waals surface area contributed by atoms with E-state index in [0.29, 0.717) is 23.9 Å². The molecule has 1 aliphatic carbocycles. The van der Waals surface area contributed by atoms with Gasteiger partial charge in [0.2, 0.25) is 10.0 Å². The molecule has 2 rings (SSSR count). The highest BCUT2D eigenvalue weighted by Gasteiger charge is 2.34. The highest BCUT2D eigenvalue weighted by atomic mass is 35.5. The van der Waals surface area contributed by atoms with Crippen LogP contribution in [0.5, 0.6) is 0 Å². The first kappa shape index (κ1) is 15.1. The third-order valence-corrected chi connectivity index (χ3v) is 5.85. The number of alkyl halides is 1. The van der Waals surface area contributed by atoms with Crippen LogP contribution in [0, 0.1) is 0 Å². The summed E-state index contributed by atoms with van der Waals surface area (Å²) in [5.41, 5.74) is 0. The van der Waals surface area contributed by atoms with Gasteiger partial charge in [-0.3, -0.25) is 0 Å². The molecule has 1 fully saturated rings. The summed E-state index contributed by atoms with van der Waals surface area (Å²) in [4.78, 5) is 0.265. The molecule has 0 saturated heterocycles. The minimum atomic E-state index is -3.47. The van der Waals surface area contributed by atoms with Crippen LogP contribution in [0.15, 0.2) is 29.2 Å². The Kier molecular flexibility index (Phi) is 5.12. The maximum atomic E-state index is 12.6. The summed E-state index contributed by atoms with van der Waals surface area (Å²) in [7, 11) is -3.47. The van der Waals surface area contributed by atoms with E-state index in [1.54, 1.807) is 22.5 Å². The third kappa shape index (κ3) is 3.43. The summed E-state index contributed by atoms with van der Waals surface area (Å²) in [5, 5.41) is 0.437. The Labute approximate surface area is 124 Å². The first-order valence-electron chi connectivity index (χ1n) is 6.39. The Bertz CT molecular complexity index is 529. The summed E-state index contributed by atoms with van der Waals surface area (Å²) < 4.78 is 26.9. The summed E-state index contributed by atoms with van der Waals surface area (Å²) >= 11 is 11.6. The van der Waals surface area contributed by atoms with E-state index in [4.69, 9.17) is 23.2 Å². The predicted molar refractivity (Wildman–Crippen MR) is 78.3 cm³/mol. The van der Waals surface area contributed by atoms with Crippen molar-refractivity contribution in [2.24, 2.45) is 0 Å². The summed E-state index contributed by atoms with van der Waals surface area (Å²) in [6.45, 7) is 0.475. The van der Waals surface area contributed by atoms with Gasteiger partial charge in [0.15, 0.2) is 0 Å².